The lowest BCUT2D eigenvalue weighted by atomic mass is 10.1. The number of carbonyl (C=O) groups excluding carboxylic acids is 1. The van der Waals surface area contributed by atoms with Gasteiger partial charge in [0.2, 0.25) is 0 Å². The molecule has 0 bridgehead atoms. The molecule has 0 spiro atoms. The van der Waals surface area contributed by atoms with Crippen molar-refractivity contribution in [1.29, 1.82) is 0 Å². The molecule has 21 heavy (non-hydrogen) atoms. The van der Waals surface area contributed by atoms with Gasteiger partial charge in [0.15, 0.2) is 17.9 Å². The summed E-state index contributed by atoms with van der Waals surface area (Å²) >= 11 is 3.41. The minimum Gasteiger partial charge on any atom is -0.454 e. The van der Waals surface area contributed by atoms with Gasteiger partial charge in [-0.05, 0) is 47.2 Å². The van der Waals surface area contributed by atoms with Crippen LogP contribution in [0.15, 0.2) is 59.1 Å². The molecule has 3 aromatic rings. The molecular weight excluding hydrogens is 335 g/mol. The van der Waals surface area contributed by atoms with E-state index >= 15 is 0 Å². The molecule has 0 saturated carbocycles. The molecule has 0 unspecified atom stereocenters. The van der Waals surface area contributed by atoms with E-state index in [9.17, 15) is 9.18 Å². The van der Waals surface area contributed by atoms with Crippen molar-refractivity contribution in [1.82, 2.24) is 0 Å². The molecule has 0 atom stereocenters. The summed E-state index contributed by atoms with van der Waals surface area (Å²) in [6.45, 7) is 0. The number of ether oxygens (including phenoxy) is 1. The van der Waals surface area contributed by atoms with Crippen molar-refractivity contribution >= 4 is 33.0 Å². The summed E-state index contributed by atoms with van der Waals surface area (Å²) in [4.78, 5) is 11.0. The van der Waals surface area contributed by atoms with E-state index in [-0.39, 0.29) is 11.3 Å². The summed E-state index contributed by atoms with van der Waals surface area (Å²) in [5, 5.41) is 2.01. The third-order valence-electron chi connectivity index (χ3n) is 3.12. The van der Waals surface area contributed by atoms with E-state index in [1.54, 1.807) is 6.07 Å². The zero-order valence-electron chi connectivity index (χ0n) is 10.8. The predicted octanol–water partition coefficient (Wildman–Crippen LogP) is 5.35. The Hall–Kier alpha value is -2.20. The first kappa shape index (κ1) is 13.8. The topological polar surface area (TPSA) is 26.3 Å². The smallest absolute Gasteiger partial charge is 0.173 e. The van der Waals surface area contributed by atoms with E-state index in [0.717, 1.165) is 15.2 Å². The Labute approximate surface area is 129 Å². The van der Waals surface area contributed by atoms with Gasteiger partial charge < -0.3 is 4.74 Å². The van der Waals surface area contributed by atoms with E-state index in [4.69, 9.17) is 4.74 Å². The SMILES string of the molecule is O=Cc1cccc(F)c1Oc1ccc2cc(Br)ccc2c1. The van der Waals surface area contributed by atoms with Gasteiger partial charge in [-0.2, -0.15) is 0 Å². The zero-order valence-corrected chi connectivity index (χ0v) is 12.4. The molecular formula is C17H10BrFO2. The molecule has 4 heteroatoms. The average molecular weight is 345 g/mol. The highest BCUT2D eigenvalue weighted by atomic mass is 79.9. The molecule has 0 fully saturated rings. The maximum atomic E-state index is 13.8. The second-order valence-corrected chi connectivity index (χ2v) is 5.45. The Morgan fingerprint density at radius 2 is 1.76 bits per heavy atom. The molecule has 0 heterocycles. The average Bonchev–Trinajstić information content (AvgIpc) is 2.49. The molecule has 2 nitrogen and oxygen atoms in total. The second-order valence-electron chi connectivity index (χ2n) is 4.53. The van der Waals surface area contributed by atoms with Gasteiger partial charge in [-0.3, -0.25) is 4.79 Å². The number of halogens is 2. The zero-order chi connectivity index (χ0) is 14.8. The molecule has 0 amide bonds. The fraction of sp³-hybridized carbons (Fsp3) is 0. The minimum absolute atomic E-state index is 0.0519. The molecule has 0 radical (unpaired) electrons. The van der Waals surface area contributed by atoms with Crippen molar-refractivity contribution in [2.75, 3.05) is 0 Å². The summed E-state index contributed by atoms with van der Waals surface area (Å²) in [5.74, 6) is -0.127. The molecule has 0 aromatic heterocycles. The molecule has 0 aliphatic rings. The maximum Gasteiger partial charge on any atom is 0.173 e. The fourth-order valence-electron chi connectivity index (χ4n) is 2.10. The molecule has 0 saturated heterocycles. The summed E-state index contributed by atoms with van der Waals surface area (Å²) in [6.07, 6.45) is 0.580. The Balaban J connectivity index is 2.02. The number of hydrogen-bond acceptors (Lipinski definition) is 2. The lowest BCUT2D eigenvalue weighted by Crippen LogP contribution is -1.94. The van der Waals surface area contributed by atoms with Crippen molar-refractivity contribution in [2.45, 2.75) is 0 Å². The second kappa shape index (κ2) is 5.66. The van der Waals surface area contributed by atoms with Gasteiger partial charge in [0.1, 0.15) is 5.75 Å². The highest BCUT2D eigenvalue weighted by molar-refractivity contribution is 9.10. The predicted molar refractivity (Wildman–Crippen MR) is 83.5 cm³/mol. The molecule has 3 rings (SSSR count). The standard InChI is InChI=1S/C17H10BrFO2/c18-14-6-4-12-9-15(7-5-11(12)8-14)21-17-13(10-20)2-1-3-16(17)19/h1-10H. The van der Waals surface area contributed by atoms with Crippen molar-refractivity contribution < 1.29 is 13.9 Å². The molecule has 3 aromatic carbocycles. The van der Waals surface area contributed by atoms with Gasteiger partial charge >= 0.3 is 0 Å². The molecule has 0 aliphatic carbocycles. The molecule has 0 N–H and O–H groups in total. The Kier molecular flexibility index (Phi) is 3.71. The van der Waals surface area contributed by atoms with Crippen molar-refractivity contribution in [3.8, 4) is 11.5 Å². The molecule has 0 aliphatic heterocycles. The van der Waals surface area contributed by atoms with Crippen molar-refractivity contribution in [2.24, 2.45) is 0 Å². The number of aldehydes is 1. The van der Waals surface area contributed by atoms with E-state index in [2.05, 4.69) is 15.9 Å². The van der Waals surface area contributed by atoms with E-state index in [1.165, 1.54) is 18.2 Å². The molecule has 104 valence electrons. The summed E-state index contributed by atoms with van der Waals surface area (Å²) in [5.41, 5.74) is 0.186. The van der Waals surface area contributed by atoms with Crippen LogP contribution in [-0.2, 0) is 0 Å². The lowest BCUT2D eigenvalue weighted by molar-refractivity contribution is 0.112. The number of para-hydroxylation sites is 1. The first-order valence-electron chi connectivity index (χ1n) is 6.28. The number of fused-ring (bicyclic) bond motifs is 1. The van der Waals surface area contributed by atoms with Crippen LogP contribution in [-0.4, -0.2) is 6.29 Å². The number of benzene rings is 3. The highest BCUT2D eigenvalue weighted by Crippen LogP contribution is 2.30. The van der Waals surface area contributed by atoms with Gasteiger partial charge in [0.25, 0.3) is 0 Å². The van der Waals surface area contributed by atoms with Crippen molar-refractivity contribution in [3.63, 3.8) is 0 Å². The summed E-state index contributed by atoms with van der Waals surface area (Å²) < 4.78 is 20.3. The van der Waals surface area contributed by atoms with E-state index in [1.807, 2.05) is 30.3 Å². The minimum atomic E-state index is -0.560. The van der Waals surface area contributed by atoms with Crippen LogP contribution in [0.5, 0.6) is 11.5 Å². The normalized spacial score (nSPS) is 10.6. The quantitative estimate of drug-likeness (QED) is 0.599. The largest absolute Gasteiger partial charge is 0.454 e. The van der Waals surface area contributed by atoms with E-state index < -0.39 is 5.82 Å². The maximum absolute atomic E-state index is 13.8. The number of rotatable bonds is 3. The van der Waals surface area contributed by atoms with Crippen LogP contribution in [0.1, 0.15) is 10.4 Å². The van der Waals surface area contributed by atoms with Crippen LogP contribution >= 0.6 is 15.9 Å². The van der Waals surface area contributed by atoms with Crippen LogP contribution < -0.4 is 4.74 Å². The number of hydrogen-bond donors (Lipinski definition) is 0. The first-order valence-corrected chi connectivity index (χ1v) is 7.07. The Bertz CT molecular complexity index is 830. The third kappa shape index (κ3) is 2.81. The van der Waals surface area contributed by atoms with Crippen molar-refractivity contribution in [3.05, 3.63) is 70.5 Å². The monoisotopic (exact) mass is 344 g/mol. The third-order valence-corrected chi connectivity index (χ3v) is 3.61. The van der Waals surface area contributed by atoms with Gasteiger partial charge in [0.05, 0.1) is 5.56 Å². The van der Waals surface area contributed by atoms with Crippen LogP contribution in [0, 0.1) is 5.82 Å². The Morgan fingerprint density at radius 1 is 1.00 bits per heavy atom. The lowest BCUT2D eigenvalue weighted by Gasteiger charge is -2.10. The van der Waals surface area contributed by atoms with Crippen LogP contribution in [0.2, 0.25) is 0 Å². The van der Waals surface area contributed by atoms with Crippen LogP contribution in [0.4, 0.5) is 4.39 Å². The van der Waals surface area contributed by atoms with Gasteiger partial charge in [0, 0.05) is 4.47 Å². The van der Waals surface area contributed by atoms with Gasteiger partial charge in [-0.25, -0.2) is 4.39 Å². The van der Waals surface area contributed by atoms with Crippen LogP contribution in [0.3, 0.4) is 0 Å². The van der Waals surface area contributed by atoms with Gasteiger partial charge in [-0.1, -0.05) is 34.1 Å². The number of carbonyl (C=O) groups is 1. The van der Waals surface area contributed by atoms with E-state index in [0.29, 0.717) is 12.0 Å². The summed E-state index contributed by atoms with van der Waals surface area (Å²) in [6, 6.07) is 15.5. The highest BCUT2D eigenvalue weighted by Gasteiger charge is 2.10. The van der Waals surface area contributed by atoms with Crippen LogP contribution in [0.25, 0.3) is 10.8 Å². The fourth-order valence-corrected chi connectivity index (χ4v) is 2.48. The Morgan fingerprint density at radius 3 is 2.57 bits per heavy atom. The first-order chi connectivity index (χ1) is 10.2. The summed E-state index contributed by atoms with van der Waals surface area (Å²) in [7, 11) is 0. The van der Waals surface area contributed by atoms with Gasteiger partial charge in [-0.15, -0.1) is 0 Å².